The summed E-state index contributed by atoms with van der Waals surface area (Å²) in [5.74, 6) is 0.854. The molecule has 1 aromatic carbocycles. The van der Waals surface area contributed by atoms with E-state index in [1.807, 2.05) is 47.5 Å². The molecule has 0 saturated heterocycles. The summed E-state index contributed by atoms with van der Waals surface area (Å²) in [4.78, 5) is 15.8. The van der Waals surface area contributed by atoms with Crippen LogP contribution in [-0.4, -0.2) is 10.7 Å². The zero-order valence-corrected chi connectivity index (χ0v) is 15.0. The second-order valence-corrected chi connectivity index (χ2v) is 7.19. The number of aromatic amines is 1. The van der Waals surface area contributed by atoms with Gasteiger partial charge in [-0.25, -0.2) is 0 Å². The maximum Gasteiger partial charge on any atom is 0.257 e. The van der Waals surface area contributed by atoms with Crippen LogP contribution in [-0.2, 0) is 12.8 Å². The molecule has 1 aliphatic heterocycles. The average Bonchev–Trinajstić information content (AvgIpc) is 3.38. The van der Waals surface area contributed by atoms with E-state index in [0.29, 0.717) is 12.0 Å². The van der Waals surface area contributed by atoms with Gasteiger partial charge in [0, 0.05) is 12.1 Å². The van der Waals surface area contributed by atoms with Crippen LogP contribution in [0.1, 0.15) is 47.9 Å². The van der Waals surface area contributed by atoms with Crippen LogP contribution in [0.2, 0.25) is 0 Å². The van der Waals surface area contributed by atoms with Gasteiger partial charge < -0.3 is 9.40 Å². The van der Waals surface area contributed by atoms with Crippen molar-refractivity contribution in [2.24, 2.45) is 5.10 Å². The van der Waals surface area contributed by atoms with Gasteiger partial charge in [0.15, 0.2) is 0 Å². The Morgan fingerprint density at radius 3 is 2.74 bits per heavy atom. The number of H-pyrrole nitrogens is 1. The number of hydrogen-bond acceptors (Lipinski definition) is 4. The predicted octanol–water partition coefficient (Wildman–Crippen LogP) is 4.20. The number of aryl methyl sites for hydroxylation is 2. The van der Waals surface area contributed by atoms with Crippen LogP contribution in [0.3, 0.4) is 0 Å². The van der Waals surface area contributed by atoms with Crippen LogP contribution >= 0.6 is 0 Å². The molecule has 0 spiro atoms. The number of hydrogen-bond donors (Lipinski definition) is 1. The number of nitrogens with zero attached hydrogens (tertiary/aromatic N) is 2. The molecule has 0 fully saturated rings. The van der Waals surface area contributed by atoms with Gasteiger partial charge in [0.2, 0.25) is 0 Å². The number of hydrazone groups is 1. The number of fused-ring (bicyclic) bond motifs is 1. The number of benzene rings is 1. The van der Waals surface area contributed by atoms with Gasteiger partial charge in [-0.2, -0.15) is 5.10 Å². The van der Waals surface area contributed by atoms with E-state index in [-0.39, 0.29) is 11.6 Å². The van der Waals surface area contributed by atoms with Gasteiger partial charge in [-0.3, -0.25) is 9.80 Å². The fourth-order valence-electron chi connectivity index (χ4n) is 4.08. The molecular weight excluding hydrogens is 338 g/mol. The Labute approximate surface area is 157 Å². The lowest BCUT2D eigenvalue weighted by molar-refractivity contribution is 0.465. The quantitative estimate of drug-likeness (QED) is 0.762. The lowest BCUT2D eigenvalue weighted by Crippen LogP contribution is -2.22. The Morgan fingerprint density at radius 1 is 1.07 bits per heavy atom. The van der Waals surface area contributed by atoms with Gasteiger partial charge in [0.1, 0.15) is 11.8 Å². The van der Waals surface area contributed by atoms with E-state index in [1.165, 1.54) is 12.0 Å². The minimum absolute atomic E-state index is 0.0393. The van der Waals surface area contributed by atoms with Crippen molar-refractivity contribution in [3.8, 4) is 0 Å². The Morgan fingerprint density at radius 2 is 1.93 bits per heavy atom. The van der Waals surface area contributed by atoms with Crippen molar-refractivity contribution >= 4 is 11.4 Å². The van der Waals surface area contributed by atoms with Crippen molar-refractivity contribution in [1.82, 2.24) is 4.98 Å². The summed E-state index contributed by atoms with van der Waals surface area (Å²) in [6.07, 6.45) is 6.63. The van der Waals surface area contributed by atoms with Crippen molar-refractivity contribution in [2.75, 3.05) is 5.01 Å². The van der Waals surface area contributed by atoms with Gasteiger partial charge >= 0.3 is 0 Å². The third-order valence-electron chi connectivity index (χ3n) is 5.45. The zero-order valence-electron chi connectivity index (χ0n) is 15.0. The summed E-state index contributed by atoms with van der Waals surface area (Å²) in [7, 11) is 0. The molecule has 1 atom stereocenters. The fourth-order valence-corrected chi connectivity index (χ4v) is 4.08. The minimum Gasteiger partial charge on any atom is -0.467 e. The van der Waals surface area contributed by atoms with Crippen molar-refractivity contribution in [1.29, 1.82) is 0 Å². The Hall–Kier alpha value is -3.08. The van der Waals surface area contributed by atoms with E-state index in [9.17, 15) is 4.79 Å². The van der Waals surface area contributed by atoms with E-state index < -0.39 is 0 Å². The number of aromatic nitrogens is 1. The summed E-state index contributed by atoms with van der Waals surface area (Å²) in [5.41, 5.74) is 4.80. The Bertz CT molecular complexity index is 1040. The van der Waals surface area contributed by atoms with Crippen LogP contribution in [0, 0.1) is 0 Å². The highest BCUT2D eigenvalue weighted by atomic mass is 16.3. The number of para-hydroxylation sites is 1. The number of pyridine rings is 1. The summed E-state index contributed by atoms with van der Waals surface area (Å²) in [5, 5.41) is 6.81. The van der Waals surface area contributed by atoms with Crippen LogP contribution < -0.4 is 10.6 Å². The Kier molecular flexibility index (Phi) is 3.93. The minimum atomic E-state index is -0.0483. The molecular formula is C22H21N3O2. The average molecular weight is 359 g/mol. The van der Waals surface area contributed by atoms with Gasteiger partial charge in [-0.05, 0) is 61.6 Å². The number of furan rings is 1. The third kappa shape index (κ3) is 2.89. The van der Waals surface area contributed by atoms with Crippen molar-refractivity contribution in [3.63, 3.8) is 0 Å². The molecule has 1 unspecified atom stereocenters. The largest absolute Gasteiger partial charge is 0.467 e. The monoisotopic (exact) mass is 359 g/mol. The molecule has 5 heteroatoms. The van der Waals surface area contributed by atoms with Crippen LogP contribution in [0.4, 0.5) is 5.69 Å². The zero-order chi connectivity index (χ0) is 18.2. The van der Waals surface area contributed by atoms with Gasteiger partial charge in [-0.15, -0.1) is 0 Å². The molecule has 5 rings (SSSR count). The van der Waals surface area contributed by atoms with Crippen LogP contribution in [0.5, 0.6) is 0 Å². The maximum atomic E-state index is 12.7. The molecule has 27 heavy (non-hydrogen) atoms. The predicted molar refractivity (Wildman–Crippen MR) is 105 cm³/mol. The van der Waals surface area contributed by atoms with E-state index in [0.717, 1.165) is 42.1 Å². The molecule has 0 saturated carbocycles. The number of anilines is 1. The molecule has 2 aromatic heterocycles. The molecule has 136 valence electrons. The van der Waals surface area contributed by atoms with E-state index >= 15 is 0 Å². The van der Waals surface area contributed by atoms with Gasteiger partial charge in [0.05, 0.1) is 23.2 Å². The molecule has 0 bridgehead atoms. The van der Waals surface area contributed by atoms with E-state index in [1.54, 1.807) is 6.26 Å². The summed E-state index contributed by atoms with van der Waals surface area (Å²) in [6, 6.07) is 15.9. The summed E-state index contributed by atoms with van der Waals surface area (Å²) in [6.45, 7) is 0. The van der Waals surface area contributed by atoms with E-state index in [4.69, 9.17) is 9.52 Å². The normalized spacial score (nSPS) is 19.0. The highest BCUT2D eigenvalue weighted by molar-refractivity contribution is 6.03. The van der Waals surface area contributed by atoms with Gasteiger partial charge in [0.25, 0.3) is 5.56 Å². The lowest BCUT2D eigenvalue weighted by Gasteiger charge is -2.21. The van der Waals surface area contributed by atoms with Crippen LogP contribution in [0.25, 0.3) is 0 Å². The van der Waals surface area contributed by atoms with Crippen molar-refractivity contribution < 1.29 is 4.42 Å². The number of nitrogens with one attached hydrogen (secondary N) is 1. The van der Waals surface area contributed by atoms with E-state index in [2.05, 4.69) is 11.1 Å². The second kappa shape index (κ2) is 6.58. The summed E-state index contributed by atoms with van der Waals surface area (Å²) >= 11 is 0. The molecule has 3 heterocycles. The lowest BCUT2D eigenvalue weighted by atomic mass is 9.93. The number of rotatable bonds is 3. The first-order chi connectivity index (χ1) is 13.3. The maximum absolute atomic E-state index is 12.7. The highest BCUT2D eigenvalue weighted by Crippen LogP contribution is 2.36. The molecule has 1 N–H and O–H groups in total. The molecule has 1 aliphatic carbocycles. The van der Waals surface area contributed by atoms with Crippen molar-refractivity contribution in [3.05, 3.63) is 87.7 Å². The van der Waals surface area contributed by atoms with Crippen LogP contribution in [0.15, 0.2) is 69.1 Å². The first-order valence-corrected chi connectivity index (χ1v) is 9.50. The fraction of sp³-hybridized carbons (Fsp3) is 0.273. The first kappa shape index (κ1) is 16.1. The molecule has 0 radical (unpaired) electrons. The molecule has 3 aromatic rings. The standard InChI is InChI=1S/C22H21N3O2/c26-22-17(13-15-7-4-5-10-18(15)23-22)19-14-20(21-11-6-12-27-21)25(24-19)16-8-2-1-3-9-16/h1-3,6,8-9,11-13,20H,4-5,7,10,14H2,(H,23,26). The third-order valence-corrected chi connectivity index (χ3v) is 5.45. The second-order valence-electron chi connectivity index (χ2n) is 7.19. The molecule has 5 nitrogen and oxygen atoms in total. The highest BCUT2D eigenvalue weighted by Gasteiger charge is 2.33. The topological polar surface area (TPSA) is 61.6 Å². The Balaban J connectivity index is 1.58. The SMILES string of the molecule is O=c1[nH]c2c(cc1C1=NN(c3ccccc3)C(c3ccco3)C1)CCCC2. The summed E-state index contributed by atoms with van der Waals surface area (Å²) < 4.78 is 5.67. The first-order valence-electron chi connectivity index (χ1n) is 9.50. The smallest absolute Gasteiger partial charge is 0.257 e. The molecule has 0 amide bonds. The van der Waals surface area contributed by atoms with Gasteiger partial charge in [-0.1, -0.05) is 18.2 Å². The molecule has 2 aliphatic rings. The van der Waals surface area contributed by atoms with Crippen molar-refractivity contribution in [2.45, 2.75) is 38.1 Å².